The lowest BCUT2D eigenvalue weighted by molar-refractivity contribution is -0.143. The van der Waals surface area contributed by atoms with Gasteiger partial charge in [0.05, 0.1) is 25.4 Å². The number of unbranched alkanes of at least 4 members (excludes halogenated alkanes) is 46. The van der Waals surface area contributed by atoms with E-state index in [4.69, 9.17) is 4.74 Å². The fourth-order valence-electron chi connectivity index (χ4n) is 9.87. The number of carbonyl (C=O) groups excluding carboxylic acids is 2. The third-order valence-corrected chi connectivity index (χ3v) is 14.7. The van der Waals surface area contributed by atoms with Crippen molar-refractivity contribution < 1.29 is 24.5 Å². The van der Waals surface area contributed by atoms with Crippen LogP contribution in [0.25, 0.3) is 0 Å². The molecular weight excluding hydrogens is 863 g/mol. The molecule has 0 aliphatic rings. The van der Waals surface area contributed by atoms with Gasteiger partial charge >= 0.3 is 5.97 Å². The van der Waals surface area contributed by atoms with Crippen molar-refractivity contribution in [2.45, 2.75) is 360 Å². The fourth-order valence-corrected chi connectivity index (χ4v) is 9.87. The first-order chi connectivity index (χ1) is 34.5. The smallest absolute Gasteiger partial charge is 0.305 e. The number of rotatable bonds is 59. The Balaban J connectivity index is 3.34. The van der Waals surface area contributed by atoms with Crippen LogP contribution >= 0.6 is 0 Å². The molecule has 6 heteroatoms. The van der Waals surface area contributed by atoms with E-state index in [1.165, 1.54) is 283 Å². The molecule has 1 amide bonds. The van der Waals surface area contributed by atoms with Gasteiger partial charge in [-0.25, -0.2) is 0 Å². The van der Waals surface area contributed by atoms with E-state index in [1.807, 2.05) is 6.08 Å². The second-order valence-electron chi connectivity index (χ2n) is 21.7. The van der Waals surface area contributed by atoms with E-state index in [0.717, 1.165) is 38.5 Å². The lowest BCUT2D eigenvalue weighted by atomic mass is 10.0. The average Bonchev–Trinajstić information content (AvgIpc) is 3.36. The second-order valence-corrected chi connectivity index (χ2v) is 21.7. The molecule has 0 aliphatic heterocycles. The zero-order valence-corrected chi connectivity index (χ0v) is 47.3. The van der Waals surface area contributed by atoms with Crippen LogP contribution in [0.4, 0.5) is 0 Å². The van der Waals surface area contributed by atoms with Crippen LogP contribution in [0.2, 0.25) is 0 Å². The van der Waals surface area contributed by atoms with Gasteiger partial charge in [0.25, 0.3) is 0 Å². The van der Waals surface area contributed by atoms with Crippen LogP contribution in [0.1, 0.15) is 348 Å². The lowest BCUT2D eigenvalue weighted by Crippen LogP contribution is -2.45. The molecule has 2 unspecified atom stereocenters. The number of amides is 1. The Labute approximate surface area is 437 Å². The van der Waals surface area contributed by atoms with Gasteiger partial charge in [0.1, 0.15) is 0 Å². The van der Waals surface area contributed by atoms with Crippen LogP contribution in [0.5, 0.6) is 0 Å². The molecule has 3 N–H and O–H groups in total. The number of aliphatic hydroxyl groups excluding tert-OH is 2. The quantitative estimate of drug-likeness (QED) is 0.0321. The number of allylic oxidation sites excluding steroid dienone is 3. The monoisotopic (exact) mass is 986 g/mol. The Hall–Kier alpha value is -1.66. The number of hydrogen-bond acceptors (Lipinski definition) is 5. The number of ether oxygens (including phenoxy) is 1. The highest BCUT2D eigenvalue weighted by molar-refractivity contribution is 5.76. The molecule has 0 aromatic rings. The molecule has 0 heterocycles. The van der Waals surface area contributed by atoms with Crippen molar-refractivity contribution >= 4 is 11.9 Å². The first-order valence-corrected chi connectivity index (χ1v) is 31.6. The summed E-state index contributed by atoms with van der Waals surface area (Å²) in [5.74, 6) is -0.0485. The first kappa shape index (κ1) is 68.3. The number of aliphatic hydroxyl groups is 2. The maximum absolute atomic E-state index is 12.4. The minimum atomic E-state index is -0.840. The maximum atomic E-state index is 12.4. The molecule has 0 radical (unpaired) electrons. The van der Waals surface area contributed by atoms with Gasteiger partial charge in [-0.05, 0) is 57.8 Å². The summed E-state index contributed by atoms with van der Waals surface area (Å²) in [7, 11) is 0. The molecular formula is C64H123NO5. The van der Waals surface area contributed by atoms with Crippen molar-refractivity contribution in [3.05, 3.63) is 24.3 Å². The van der Waals surface area contributed by atoms with E-state index in [0.29, 0.717) is 19.4 Å². The zero-order chi connectivity index (χ0) is 50.7. The SMILES string of the molecule is CCCCCCCCCC/C=C/C(O)C(CO)NC(=O)CCCCCCCCCCCCCCCCCC/C=C\CCCCCCCCCCCCCCOC(=O)CCCCCCCCCCCCC. The Kier molecular flexibility index (Phi) is 58.5. The van der Waals surface area contributed by atoms with E-state index < -0.39 is 12.1 Å². The summed E-state index contributed by atoms with van der Waals surface area (Å²) in [4.78, 5) is 24.4. The molecule has 0 aliphatic carbocycles. The summed E-state index contributed by atoms with van der Waals surface area (Å²) in [6.45, 7) is 4.90. The van der Waals surface area contributed by atoms with E-state index >= 15 is 0 Å². The van der Waals surface area contributed by atoms with Gasteiger partial charge in [-0.15, -0.1) is 0 Å². The Morgan fingerprint density at radius 2 is 0.671 bits per heavy atom. The summed E-state index contributed by atoms with van der Waals surface area (Å²) < 4.78 is 5.47. The number of esters is 1. The predicted molar refractivity (Wildman–Crippen MR) is 306 cm³/mol. The highest BCUT2D eigenvalue weighted by atomic mass is 16.5. The molecule has 6 nitrogen and oxygen atoms in total. The van der Waals surface area contributed by atoms with E-state index in [9.17, 15) is 19.8 Å². The number of carbonyl (C=O) groups is 2. The highest BCUT2D eigenvalue weighted by Crippen LogP contribution is 2.17. The third-order valence-electron chi connectivity index (χ3n) is 14.7. The molecule has 0 fully saturated rings. The summed E-state index contributed by atoms with van der Waals surface area (Å²) in [6, 6.07) is -0.623. The van der Waals surface area contributed by atoms with Gasteiger partial charge in [-0.2, -0.15) is 0 Å². The van der Waals surface area contributed by atoms with Crippen molar-refractivity contribution in [2.24, 2.45) is 0 Å². The van der Waals surface area contributed by atoms with Gasteiger partial charge in [0.15, 0.2) is 0 Å². The molecule has 0 aromatic carbocycles. The van der Waals surface area contributed by atoms with Crippen molar-refractivity contribution in [1.82, 2.24) is 5.32 Å². The second kappa shape index (κ2) is 59.9. The highest BCUT2D eigenvalue weighted by Gasteiger charge is 2.18. The van der Waals surface area contributed by atoms with Gasteiger partial charge in [-0.3, -0.25) is 9.59 Å². The first-order valence-electron chi connectivity index (χ1n) is 31.6. The van der Waals surface area contributed by atoms with Crippen molar-refractivity contribution in [3.8, 4) is 0 Å². The maximum Gasteiger partial charge on any atom is 0.305 e. The van der Waals surface area contributed by atoms with Crippen molar-refractivity contribution in [1.29, 1.82) is 0 Å². The molecule has 0 bridgehead atoms. The molecule has 0 spiro atoms. The molecule has 70 heavy (non-hydrogen) atoms. The molecule has 0 saturated carbocycles. The Morgan fingerprint density at radius 1 is 0.386 bits per heavy atom. The minimum absolute atomic E-state index is 0.0177. The summed E-state index contributed by atoms with van der Waals surface area (Å²) in [5.41, 5.74) is 0. The van der Waals surface area contributed by atoms with E-state index in [-0.39, 0.29) is 18.5 Å². The van der Waals surface area contributed by atoms with Crippen LogP contribution < -0.4 is 5.32 Å². The average molecular weight is 987 g/mol. The van der Waals surface area contributed by atoms with Gasteiger partial charge < -0.3 is 20.3 Å². The predicted octanol–water partition coefficient (Wildman–Crippen LogP) is 19.8. The van der Waals surface area contributed by atoms with Gasteiger partial charge in [0, 0.05) is 12.8 Å². The van der Waals surface area contributed by atoms with Crippen LogP contribution in [-0.2, 0) is 14.3 Å². The van der Waals surface area contributed by atoms with Gasteiger partial charge in [0.2, 0.25) is 5.91 Å². The van der Waals surface area contributed by atoms with Crippen molar-refractivity contribution in [3.63, 3.8) is 0 Å². The third kappa shape index (κ3) is 55.7. The summed E-state index contributed by atoms with van der Waals surface area (Å²) in [5, 5.41) is 23.0. The number of hydrogen-bond donors (Lipinski definition) is 3. The topological polar surface area (TPSA) is 95.9 Å². The Morgan fingerprint density at radius 3 is 1.01 bits per heavy atom. The van der Waals surface area contributed by atoms with Gasteiger partial charge in [-0.1, -0.05) is 301 Å². The summed E-state index contributed by atoms with van der Waals surface area (Å²) >= 11 is 0. The van der Waals surface area contributed by atoms with Crippen LogP contribution in [0, 0.1) is 0 Å². The number of nitrogens with one attached hydrogen (secondary N) is 1. The summed E-state index contributed by atoms with van der Waals surface area (Å²) in [6.07, 6.45) is 73.9. The van der Waals surface area contributed by atoms with E-state index in [2.05, 4.69) is 31.3 Å². The Bertz CT molecular complexity index is 1090. The standard InChI is InChI=1S/C64H123NO5/c1-3-5-7-9-11-13-37-42-46-50-54-58-64(69)70-59-55-51-47-43-39-36-34-32-30-28-26-24-22-20-18-16-15-17-19-21-23-25-27-29-31-33-35-38-41-45-49-53-57-63(68)65-61(60-66)62(67)56-52-48-44-40-14-12-10-8-6-4-2/h18,20,52,56,61-62,66-67H,3-17,19,21-51,53-55,57-60H2,1-2H3,(H,65,68)/b20-18-,56-52+. The molecule has 0 rings (SSSR count). The van der Waals surface area contributed by atoms with Crippen LogP contribution in [-0.4, -0.2) is 47.4 Å². The molecule has 414 valence electrons. The van der Waals surface area contributed by atoms with Crippen LogP contribution in [0.3, 0.4) is 0 Å². The molecule has 0 aromatic heterocycles. The molecule has 2 atom stereocenters. The van der Waals surface area contributed by atoms with Crippen molar-refractivity contribution in [2.75, 3.05) is 13.2 Å². The largest absolute Gasteiger partial charge is 0.466 e. The normalized spacial score (nSPS) is 12.7. The molecule has 0 saturated heterocycles. The fraction of sp³-hybridized carbons (Fsp3) is 0.906. The zero-order valence-electron chi connectivity index (χ0n) is 47.3. The van der Waals surface area contributed by atoms with E-state index in [1.54, 1.807) is 6.08 Å². The lowest BCUT2D eigenvalue weighted by Gasteiger charge is -2.20. The van der Waals surface area contributed by atoms with Crippen LogP contribution in [0.15, 0.2) is 24.3 Å². The minimum Gasteiger partial charge on any atom is -0.466 e.